The molecule has 170 valence electrons. The van der Waals surface area contributed by atoms with E-state index in [1.807, 2.05) is 6.07 Å². The topological polar surface area (TPSA) is 98.5 Å². The fourth-order valence-corrected chi connectivity index (χ4v) is 4.69. The lowest BCUT2D eigenvalue weighted by Crippen LogP contribution is -2.33. The molecular weight excluding hydrogens is 422 g/mol. The predicted octanol–water partition coefficient (Wildman–Crippen LogP) is 3.51. The molecule has 33 heavy (non-hydrogen) atoms. The zero-order valence-corrected chi connectivity index (χ0v) is 18.5. The molecule has 0 amide bonds. The van der Waals surface area contributed by atoms with Gasteiger partial charge in [-0.2, -0.15) is 5.10 Å². The molecule has 0 unspecified atom stereocenters. The van der Waals surface area contributed by atoms with Gasteiger partial charge in [0.2, 0.25) is 0 Å². The summed E-state index contributed by atoms with van der Waals surface area (Å²) >= 11 is 0. The number of hydrogen-bond donors (Lipinski definition) is 0. The van der Waals surface area contributed by atoms with Crippen LogP contribution in [0.1, 0.15) is 41.7 Å². The van der Waals surface area contributed by atoms with Crippen LogP contribution in [0.15, 0.2) is 60.9 Å². The Hall–Kier alpha value is -3.52. The lowest BCUT2D eigenvalue weighted by atomic mass is 9.90. The van der Waals surface area contributed by atoms with Gasteiger partial charge in [0.05, 0.1) is 10.9 Å². The molecular formula is C25H25N3O5. The molecule has 2 aromatic heterocycles. The third-order valence-corrected chi connectivity index (χ3v) is 6.50. The molecule has 4 aromatic rings. The second-order valence-electron chi connectivity index (χ2n) is 8.71. The number of nitrogens with zero attached hydrogens (tertiary/aromatic N) is 3. The van der Waals surface area contributed by atoms with Crippen LogP contribution in [0, 0.1) is 5.92 Å². The van der Waals surface area contributed by atoms with Gasteiger partial charge in [-0.25, -0.2) is 9.59 Å². The first kappa shape index (κ1) is 21.3. The Balaban J connectivity index is 1.28. The van der Waals surface area contributed by atoms with E-state index in [9.17, 15) is 14.4 Å². The van der Waals surface area contributed by atoms with E-state index < -0.39 is 11.3 Å². The van der Waals surface area contributed by atoms with Gasteiger partial charge in [-0.1, -0.05) is 30.3 Å². The highest BCUT2D eigenvalue weighted by Crippen LogP contribution is 2.29. The lowest BCUT2D eigenvalue weighted by Gasteiger charge is -2.31. The zero-order chi connectivity index (χ0) is 22.9. The van der Waals surface area contributed by atoms with Crippen LogP contribution >= 0.6 is 0 Å². The molecule has 5 rings (SSSR count). The lowest BCUT2D eigenvalue weighted by molar-refractivity contribution is 0.0957. The van der Waals surface area contributed by atoms with Crippen molar-refractivity contribution in [1.29, 1.82) is 0 Å². The number of aryl methyl sites for hydroxylation is 1. The third-order valence-electron chi connectivity index (χ3n) is 6.50. The monoisotopic (exact) mass is 447 g/mol. The standard InChI is InChI=1S/C25H25N3O5/c1-27-18-8-10-20-23(33-25(31)24(30)32-20)21(18)22(26-27)19(29)9-7-16-11-13-28(14-12-16)15-17-5-3-2-4-6-17/h2-6,8,10,16H,7,9,11-15H2,1H3. The van der Waals surface area contributed by atoms with Crippen LogP contribution in [-0.4, -0.2) is 33.6 Å². The highest BCUT2D eigenvalue weighted by molar-refractivity contribution is 6.13. The Kier molecular flexibility index (Phi) is 5.68. The summed E-state index contributed by atoms with van der Waals surface area (Å²) in [5.74, 6) is 0.386. The van der Waals surface area contributed by atoms with Crippen LogP contribution in [-0.2, 0) is 13.6 Å². The van der Waals surface area contributed by atoms with E-state index in [1.54, 1.807) is 23.9 Å². The number of carbonyl (C=O) groups excluding carboxylic acids is 1. The summed E-state index contributed by atoms with van der Waals surface area (Å²) in [5, 5.41) is 4.81. The maximum Gasteiger partial charge on any atom is 0.423 e. The summed E-state index contributed by atoms with van der Waals surface area (Å²) in [5.41, 5.74) is 0.246. The van der Waals surface area contributed by atoms with Crippen molar-refractivity contribution in [3.8, 4) is 0 Å². The van der Waals surface area contributed by atoms with Crippen LogP contribution in [0.5, 0.6) is 0 Å². The number of fused-ring (bicyclic) bond motifs is 3. The molecule has 1 aliphatic rings. The van der Waals surface area contributed by atoms with Crippen molar-refractivity contribution in [2.45, 2.75) is 32.2 Å². The van der Waals surface area contributed by atoms with Crippen LogP contribution in [0.3, 0.4) is 0 Å². The summed E-state index contributed by atoms with van der Waals surface area (Å²) in [7, 11) is 1.73. The minimum atomic E-state index is -1.10. The molecule has 0 aliphatic carbocycles. The molecule has 0 N–H and O–H groups in total. The summed E-state index contributed by atoms with van der Waals surface area (Å²) in [4.78, 5) is 38.9. The smallest absolute Gasteiger partial charge is 0.414 e. The molecule has 8 heteroatoms. The van der Waals surface area contributed by atoms with Gasteiger partial charge in [0, 0.05) is 20.0 Å². The van der Waals surface area contributed by atoms with Gasteiger partial charge in [-0.15, -0.1) is 0 Å². The summed E-state index contributed by atoms with van der Waals surface area (Å²) in [6.07, 6.45) is 3.28. The molecule has 3 heterocycles. The summed E-state index contributed by atoms with van der Waals surface area (Å²) < 4.78 is 11.8. The maximum absolute atomic E-state index is 13.1. The molecule has 1 aliphatic heterocycles. The fraction of sp³-hybridized carbons (Fsp3) is 0.360. The summed E-state index contributed by atoms with van der Waals surface area (Å²) in [6, 6.07) is 13.7. The largest absolute Gasteiger partial charge is 0.423 e. The van der Waals surface area contributed by atoms with E-state index >= 15 is 0 Å². The second kappa shape index (κ2) is 8.78. The molecule has 0 spiro atoms. The molecule has 0 bridgehead atoms. The Morgan fingerprint density at radius 1 is 1.03 bits per heavy atom. The van der Waals surface area contributed by atoms with Gasteiger partial charge in [-0.05, 0) is 56.0 Å². The SMILES string of the molecule is Cn1nc(C(=O)CCC2CCN(Cc3ccccc3)CC2)c2c3oc(=O)c(=O)oc3ccc21. The number of piperidine rings is 1. The predicted molar refractivity (Wildman–Crippen MR) is 123 cm³/mol. The number of likely N-dealkylation sites (tertiary alicyclic amines) is 1. The van der Waals surface area contributed by atoms with Gasteiger partial charge in [-0.3, -0.25) is 14.4 Å². The van der Waals surface area contributed by atoms with Crippen molar-refractivity contribution < 1.29 is 13.6 Å². The number of benzene rings is 2. The minimum Gasteiger partial charge on any atom is -0.414 e. The number of aromatic nitrogens is 2. The van der Waals surface area contributed by atoms with Crippen LogP contribution in [0.2, 0.25) is 0 Å². The molecule has 0 saturated carbocycles. The minimum absolute atomic E-state index is 0.0859. The Labute approximate surface area is 189 Å². The molecule has 2 aromatic carbocycles. The first-order valence-corrected chi connectivity index (χ1v) is 11.2. The summed E-state index contributed by atoms with van der Waals surface area (Å²) in [6.45, 7) is 3.00. The van der Waals surface area contributed by atoms with E-state index in [2.05, 4.69) is 34.3 Å². The van der Waals surface area contributed by atoms with Gasteiger partial charge < -0.3 is 8.83 Å². The third kappa shape index (κ3) is 4.26. The number of ketones is 1. The van der Waals surface area contributed by atoms with Crippen LogP contribution < -0.4 is 11.3 Å². The maximum atomic E-state index is 13.1. The number of Topliss-reactive ketones (excluding diaryl/α,β-unsaturated/α-hetero) is 1. The van der Waals surface area contributed by atoms with Crippen LogP contribution in [0.25, 0.3) is 22.1 Å². The van der Waals surface area contributed by atoms with Crippen molar-refractivity contribution in [2.75, 3.05) is 13.1 Å². The van der Waals surface area contributed by atoms with Crippen molar-refractivity contribution in [3.05, 3.63) is 74.6 Å². The Bertz CT molecular complexity index is 1430. The van der Waals surface area contributed by atoms with E-state index in [0.29, 0.717) is 23.2 Å². The molecule has 8 nitrogen and oxygen atoms in total. The highest BCUT2D eigenvalue weighted by Gasteiger charge is 2.24. The quantitative estimate of drug-likeness (QED) is 0.329. The zero-order valence-electron chi connectivity index (χ0n) is 18.5. The van der Waals surface area contributed by atoms with E-state index in [-0.39, 0.29) is 22.6 Å². The van der Waals surface area contributed by atoms with Gasteiger partial charge >= 0.3 is 11.3 Å². The fourth-order valence-electron chi connectivity index (χ4n) is 4.69. The van der Waals surface area contributed by atoms with Gasteiger partial charge in [0.25, 0.3) is 0 Å². The average molecular weight is 447 g/mol. The van der Waals surface area contributed by atoms with Crippen molar-refractivity contribution in [3.63, 3.8) is 0 Å². The molecule has 0 atom stereocenters. The number of hydrogen-bond acceptors (Lipinski definition) is 7. The number of rotatable bonds is 6. The van der Waals surface area contributed by atoms with Crippen LogP contribution in [0.4, 0.5) is 0 Å². The van der Waals surface area contributed by atoms with E-state index in [0.717, 1.165) is 38.9 Å². The Morgan fingerprint density at radius 3 is 2.52 bits per heavy atom. The molecule has 1 saturated heterocycles. The first-order valence-electron chi connectivity index (χ1n) is 11.2. The van der Waals surface area contributed by atoms with E-state index in [4.69, 9.17) is 8.83 Å². The van der Waals surface area contributed by atoms with Crippen molar-refractivity contribution in [2.24, 2.45) is 13.0 Å². The highest BCUT2D eigenvalue weighted by atomic mass is 16.5. The average Bonchev–Trinajstić information content (AvgIpc) is 3.17. The van der Waals surface area contributed by atoms with Gasteiger partial charge in [0.15, 0.2) is 16.9 Å². The second-order valence-corrected chi connectivity index (χ2v) is 8.71. The van der Waals surface area contributed by atoms with E-state index in [1.165, 1.54) is 5.56 Å². The Morgan fingerprint density at radius 2 is 1.76 bits per heavy atom. The van der Waals surface area contributed by atoms with Gasteiger partial charge in [0.1, 0.15) is 5.69 Å². The molecule has 0 radical (unpaired) electrons. The first-order chi connectivity index (χ1) is 16.0. The normalized spacial score (nSPS) is 15.4. The molecule has 1 fully saturated rings. The number of carbonyl (C=O) groups is 1. The van der Waals surface area contributed by atoms with Crippen molar-refractivity contribution >= 4 is 27.9 Å². The van der Waals surface area contributed by atoms with Crippen molar-refractivity contribution in [1.82, 2.24) is 14.7 Å².